The number of rotatable bonds is 5. The normalized spacial score (nSPS) is 11.9. The molecule has 0 radical (unpaired) electrons. The number of nitrogens with zero attached hydrogens (tertiary/aromatic N) is 1. The summed E-state index contributed by atoms with van der Waals surface area (Å²) in [6.45, 7) is 7.93. The Balaban J connectivity index is 3.41. The second-order valence-electron chi connectivity index (χ2n) is 5.25. The Bertz CT molecular complexity index is 171. The molecular weight excluding hydrogens is 176 g/mol. The number of nitrogens with one attached hydrogen (secondary N) is 1. The van der Waals surface area contributed by atoms with Crippen LogP contribution in [0.15, 0.2) is 0 Å². The van der Waals surface area contributed by atoms with Crippen molar-refractivity contribution in [3.05, 3.63) is 0 Å². The lowest BCUT2D eigenvalue weighted by Gasteiger charge is -2.18. The van der Waals surface area contributed by atoms with Crippen LogP contribution in [0.2, 0.25) is 0 Å². The summed E-state index contributed by atoms with van der Waals surface area (Å²) in [6.07, 6.45) is 2.21. The highest BCUT2D eigenvalue weighted by Crippen LogP contribution is 2.19. The van der Waals surface area contributed by atoms with Crippen LogP contribution < -0.4 is 5.32 Å². The molecule has 0 atom stereocenters. The SMILES string of the molecule is CN(C)CC(=O)NCCCC(C)(C)C. The van der Waals surface area contributed by atoms with E-state index in [4.69, 9.17) is 0 Å². The van der Waals surface area contributed by atoms with Crippen molar-refractivity contribution < 1.29 is 4.79 Å². The fourth-order valence-corrected chi connectivity index (χ4v) is 1.19. The second-order valence-corrected chi connectivity index (χ2v) is 5.25. The second kappa shape index (κ2) is 6.02. The minimum absolute atomic E-state index is 0.115. The highest BCUT2D eigenvalue weighted by atomic mass is 16.1. The summed E-state index contributed by atoms with van der Waals surface area (Å²) in [5.41, 5.74) is 0.367. The molecule has 3 heteroatoms. The van der Waals surface area contributed by atoms with Gasteiger partial charge in [0.05, 0.1) is 6.54 Å². The molecule has 1 amide bonds. The Labute approximate surface area is 87.9 Å². The molecule has 0 aromatic rings. The molecule has 0 saturated carbocycles. The first-order chi connectivity index (χ1) is 6.31. The van der Waals surface area contributed by atoms with E-state index in [1.165, 1.54) is 0 Å². The Morgan fingerprint density at radius 3 is 2.29 bits per heavy atom. The Kier molecular flexibility index (Phi) is 5.77. The van der Waals surface area contributed by atoms with Gasteiger partial charge in [-0.25, -0.2) is 0 Å². The summed E-state index contributed by atoms with van der Waals surface area (Å²) < 4.78 is 0. The van der Waals surface area contributed by atoms with Crippen molar-refractivity contribution in [2.75, 3.05) is 27.2 Å². The summed E-state index contributed by atoms with van der Waals surface area (Å²) >= 11 is 0. The topological polar surface area (TPSA) is 32.3 Å². The summed E-state index contributed by atoms with van der Waals surface area (Å²) in [6, 6.07) is 0. The van der Waals surface area contributed by atoms with Crippen LogP contribution in [0.4, 0.5) is 0 Å². The molecule has 84 valence electrons. The van der Waals surface area contributed by atoms with Crippen LogP contribution in [0.3, 0.4) is 0 Å². The monoisotopic (exact) mass is 200 g/mol. The predicted octanol–water partition coefficient (Wildman–Crippen LogP) is 1.49. The first kappa shape index (κ1) is 13.4. The molecule has 0 spiro atoms. The number of hydrogen-bond donors (Lipinski definition) is 1. The number of hydrogen-bond acceptors (Lipinski definition) is 2. The van der Waals surface area contributed by atoms with Gasteiger partial charge in [0.15, 0.2) is 0 Å². The predicted molar refractivity (Wildman–Crippen MR) is 60.3 cm³/mol. The fraction of sp³-hybridized carbons (Fsp3) is 0.909. The van der Waals surface area contributed by atoms with E-state index < -0.39 is 0 Å². The van der Waals surface area contributed by atoms with Crippen LogP contribution in [0.5, 0.6) is 0 Å². The van der Waals surface area contributed by atoms with E-state index in [1.54, 1.807) is 0 Å². The van der Waals surface area contributed by atoms with Crippen molar-refractivity contribution in [2.24, 2.45) is 5.41 Å². The van der Waals surface area contributed by atoms with Gasteiger partial charge >= 0.3 is 0 Å². The van der Waals surface area contributed by atoms with Gasteiger partial charge in [0.1, 0.15) is 0 Å². The highest BCUT2D eigenvalue weighted by Gasteiger charge is 2.09. The molecule has 3 nitrogen and oxygen atoms in total. The molecular formula is C11H24N2O. The number of carbonyl (C=O) groups is 1. The quantitative estimate of drug-likeness (QED) is 0.682. The van der Waals surface area contributed by atoms with Crippen LogP contribution in [-0.2, 0) is 4.79 Å². The number of amides is 1. The molecule has 0 aliphatic heterocycles. The molecule has 0 heterocycles. The van der Waals surface area contributed by atoms with Gasteiger partial charge in [-0.1, -0.05) is 20.8 Å². The van der Waals surface area contributed by atoms with Gasteiger partial charge in [-0.3, -0.25) is 4.79 Å². The van der Waals surface area contributed by atoms with Gasteiger partial charge in [0.25, 0.3) is 0 Å². The van der Waals surface area contributed by atoms with Crippen LogP contribution in [-0.4, -0.2) is 38.0 Å². The van der Waals surface area contributed by atoms with Gasteiger partial charge in [-0.15, -0.1) is 0 Å². The third-order valence-electron chi connectivity index (χ3n) is 1.89. The van der Waals surface area contributed by atoms with Crippen molar-refractivity contribution in [1.82, 2.24) is 10.2 Å². The van der Waals surface area contributed by atoms with Crippen molar-refractivity contribution in [3.63, 3.8) is 0 Å². The molecule has 14 heavy (non-hydrogen) atoms. The van der Waals surface area contributed by atoms with Gasteiger partial charge in [0.2, 0.25) is 5.91 Å². The lowest BCUT2D eigenvalue weighted by atomic mass is 9.91. The lowest BCUT2D eigenvalue weighted by molar-refractivity contribution is -0.121. The molecule has 0 aromatic carbocycles. The number of carbonyl (C=O) groups excluding carboxylic acids is 1. The van der Waals surface area contributed by atoms with Crippen LogP contribution in [0, 0.1) is 5.41 Å². The largest absolute Gasteiger partial charge is 0.355 e. The van der Waals surface area contributed by atoms with E-state index in [1.807, 2.05) is 19.0 Å². The highest BCUT2D eigenvalue weighted by molar-refractivity contribution is 5.77. The van der Waals surface area contributed by atoms with E-state index in [0.29, 0.717) is 12.0 Å². The third-order valence-corrected chi connectivity index (χ3v) is 1.89. The van der Waals surface area contributed by atoms with E-state index >= 15 is 0 Å². The van der Waals surface area contributed by atoms with Gasteiger partial charge in [-0.2, -0.15) is 0 Å². The maximum Gasteiger partial charge on any atom is 0.234 e. The standard InChI is InChI=1S/C11H24N2O/c1-11(2,3)7-6-8-12-10(14)9-13(4)5/h6-9H2,1-5H3,(H,12,14). The summed E-state index contributed by atoms with van der Waals surface area (Å²) in [5, 5.41) is 2.91. The molecule has 0 aliphatic carbocycles. The van der Waals surface area contributed by atoms with E-state index in [2.05, 4.69) is 26.1 Å². The fourth-order valence-electron chi connectivity index (χ4n) is 1.19. The Morgan fingerprint density at radius 2 is 1.86 bits per heavy atom. The van der Waals surface area contributed by atoms with Crippen molar-refractivity contribution in [1.29, 1.82) is 0 Å². The molecule has 0 saturated heterocycles. The molecule has 0 aliphatic rings. The van der Waals surface area contributed by atoms with Crippen LogP contribution in [0.25, 0.3) is 0 Å². The van der Waals surface area contributed by atoms with Gasteiger partial charge in [-0.05, 0) is 32.4 Å². The van der Waals surface area contributed by atoms with Crippen molar-refractivity contribution in [2.45, 2.75) is 33.6 Å². The summed E-state index contributed by atoms with van der Waals surface area (Å²) in [4.78, 5) is 13.1. The van der Waals surface area contributed by atoms with Crippen molar-refractivity contribution in [3.8, 4) is 0 Å². The zero-order chi connectivity index (χ0) is 11.2. The molecule has 0 unspecified atom stereocenters. The molecule has 1 N–H and O–H groups in total. The first-order valence-electron chi connectivity index (χ1n) is 5.23. The van der Waals surface area contributed by atoms with E-state index in [0.717, 1.165) is 19.4 Å². The maximum absolute atomic E-state index is 11.2. The van der Waals surface area contributed by atoms with E-state index in [9.17, 15) is 4.79 Å². The third kappa shape index (κ3) is 9.52. The smallest absolute Gasteiger partial charge is 0.234 e. The minimum atomic E-state index is 0.115. The zero-order valence-electron chi connectivity index (χ0n) is 10.2. The van der Waals surface area contributed by atoms with Gasteiger partial charge < -0.3 is 10.2 Å². The van der Waals surface area contributed by atoms with E-state index in [-0.39, 0.29) is 5.91 Å². The summed E-state index contributed by atoms with van der Waals surface area (Å²) in [7, 11) is 3.80. The maximum atomic E-state index is 11.2. The Hall–Kier alpha value is -0.570. The van der Waals surface area contributed by atoms with Gasteiger partial charge in [0, 0.05) is 6.54 Å². The summed E-state index contributed by atoms with van der Waals surface area (Å²) in [5.74, 6) is 0.115. The number of likely N-dealkylation sites (N-methyl/N-ethyl adjacent to an activating group) is 1. The molecule has 0 bridgehead atoms. The Morgan fingerprint density at radius 1 is 1.29 bits per heavy atom. The zero-order valence-corrected chi connectivity index (χ0v) is 10.2. The first-order valence-corrected chi connectivity index (χ1v) is 5.23. The average molecular weight is 200 g/mol. The molecule has 0 fully saturated rings. The lowest BCUT2D eigenvalue weighted by Crippen LogP contribution is -2.34. The van der Waals surface area contributed by atoms with Crippen LogP contribution in [0.1, 0.15) is 33.6 Å². The van der Waals surface area contributed by atoms with Crippen molar-refractivity contribution >= 4 is 5.91 Å². The average Bonchev–Trinajstić information content (AvgIpc) is 1.95. The molecule has 0 aromatic heterocycles. The molecule has 0 rings (SSSR count). The van der Waals surface area contributed by atoms with Crippen LogP contribution >= 0.6 is 0 Å². The minimum Gasteiger partial charge on any atom is -0.355 e.